The van der Waals surface area contributed by atoms with Gasteiger partial charge in [-0.1, -0.05) is 24.3 Å². The lowest BCUT2D eigenvalue weighted by Gasteiger charge is -2.11. The number of hydrogen-bond donors (Lipinski definition) is 1. The summed E-state index contributed by atoms with van der Waals surface area (Å²) in [5, 5.41) is 2.90. The number of benzene rings is 2. The maximum atomic E-state index is 12.1. The molecule has 0 saturated heterocycles. The SMILES string of the molecule is CC(=O)Oc1ccc(CCNC(=O)CCc2ccc(C)c(C)c2)cc1OC(C)=O. The van der Waals surface area contributed by atoms with Crippen LogP contribution in [0.1, 0.15) is 42.5 Å². The van der Waals surface area contributed by atoms with Crippen molar-refractivity contribution < 1.29 is 23.9 Å². The summed E-state index contributed by atoms with van der Waals surface area (Å²) in [4.78, 5) is 34.6. The van der Waals surface area contributed by atoms with E-state index in [1.165, 1.54) is 25.0 Å². The standard InChI is InChI=1S/C23H27NO5/c1-15-5-6-19(13-16(15)2)8-10-23(27)24-12-11-20-7-9-21(28-17(3)25)22(14-20)29-18(4)26/h5-7,9,13-14H,8,10-12H2,1-4H3,(H,24,27). The summed E-state index contributed by atoms with van der Waals surface area (Å²) in [5.41, 5.74) is 4.47. The van der Waals surface area contributed by atoms with Gasteiger partial charge < -0.3 is 14.8 Å². The van der Waals surface area contributed by atoms with Gasteiger partial charge in [0.2, 0.25) is 5.91 Å². The number of rotatable bonds is 8. The molecular weight excluding hydrogens is 370 g/mol. The van der Waals surface area contributed by atoms with Crippen LogP contribution in [0.15, 0.2) is 36.4 Å². The van der Waals surface area contributed by atoms with E-state index in [0.29, 0.717) is 25.8 Å². The Labute approximate surface area is 171 Å². The van der Waals surface area contributed by atoms with Crippen LogP contribution in [0, 0.1) is 13.8 Å². The lowest BCUT2D eigenvalue weighted by atomic mass is 10.0. The highest BCUT2D eigenvalue weighted by Gasteiger charge is 2.11. The molecule has 1 N–H and O–H groups in total. The lowest BCUT2D eigenvalue weighted by molar-refractivity contribution is -0.134. The van der Waals surface area contributed by atoms with Gasteiger partial charge in [0, 0.05) is 26.8 Å². The third kappa shape index (κ3) is 7.41. The van der Waals surface area contributed by atoms with Crippen molar-refractivity contribution in [3.63, 3.8) is 0 Å². The Morgan fingerprint density at radius 1 is 0.793 bits per heavy atom. The quantitative estimate of drug-likeness (QED) is 0.545. The van der Waals surface area contributed by atoms with Crippen molar-refractivity contribution in [2.24, 2.45) is 0 Å². The average Bonchev–Trinajstić information content (AvgIpc) is 2.64. The molecule has 0 spiro atoms. The highest BCUT2D eigenvalue weighted by atomic mass is 16.6. The van der Waals surface area contributed by atoms with E-state index < -0.39 is 11.9 Å². The first-order valence-electron chi connectivity index (χ1n) is 9.57. The van der Waals surface area contributed by atoms with Crippen molar-refractivity contribution in [1.29, 1.82) is 0 Å². The first-order chi connectivity index (χ1) is 13.7. The molecule has 0 saturated carbocycles. The molecule has 0 radical (unpaired) electrons. The highest BCUT2D eigenvalue weighted by molar-refractivity contribution is 5.76. The van der Waals surface area contributed by atoms with Gasteiger partial charge in [-0.3, -0.25) is 14.4 Å². The molecule has 0 aliphatic rings. The molecule has 2 aromatic rings. The number of esters is 2. The van der Waals surface area contributed by atoms with Crippen molar-refractivity contribution in [3.8, 4) is 11.5 Å². The normalized spacial score (nSPS) is 10.3. The van der Waals surface area contributed by atoms with E-state index >= 15 is 0 Å². The van der Waals surface area contributed by atoms with E-state index in [-0.39, 0.29) is 17.4 Å². The summed E-state index contributed by atoms with van der Waals surface area (Å²) in [7, 11) is 0. The number of aryl methyl sites for hydroxylation is 3. The Kier molecular flexibility index (Phi) is 7.95. The topological polar surface area (TPSA) is 81.7 Å². The minimum atomic E-state index is -0.504. The Balaban J connectivity index is 1.86. The number of ether oxygens (including phenoxy) is 2. The molecular formula is C23H27NO5. The van der Waals surface area contributed by atoms with Crippen LogP contribution in [-0.4, -0.2) is 24.4 Å². The number of amides is 1. The number of carbonyl (C=O) groups is 3. The molecule has 6 heteroatoms. The van der Waals surface area contributed by atoms with Crippen molar-refractivity contribution in [2.75, 3.05) is 6.54 Å². The summed E-state index contributed by atoms with van der Waals surface area (Å²) >= 11 is 0. The van der Waals surface area contributed by atoms with Crippen LogP contribution in [0.25, 0.3) is 0 Å². The van der Waals surface area contributed by atoms with Gasteiger partial charge in [0.25, 0.3) is 0 Å². The molecule has 0 aliphatic carbocycles. The molecule has 0 aliphatic heterocycles. The fourth-order valence-electron chi connectivity index (χ4n) is 2.83. The van der Waals surface area contributed by atoms with Crippen molar-refractivity contribution >= 4 is 17.8 Å². The van der Waals surface area contributed by atoms with Gasteiger partial charge in [-0.2, -0.15) is 0 Å². The zero-order chi connectivity index (χ0) is 21.4. The van der Waals surface area contributed by atoms with Crippen LogP contribution in [0.2, 0.25) is 0 Å². The van der Waals surface area contributed by atoms with Crippen LogP contribution >= 0.6 is 0 Å². The Morgan fingerprint density at radius 3 is 2.07 bits per heavy atom. The summed E-state index contributed by atoms with van der Waals surface area (Å²) in [5.74, 6) is -0.641. The summed E-state index contributed by atoms with van der Waals surface area (Å²) in [6, 6.07) is 11.2. The molecule has 0 heterocycles. The maximum absolute atomic E-state index is 12.1. The summed E-state index contributed by atoms with van der Waals surface area (Å²) < 4.78 is 10.2. The first-order valence-corrected chi connectivity index (χ1v) is 9.57. The molecule has 154 valence electrons. The first kappa shape index (κ1) is 22.1. The van der Waals surface area contributed by atoms with Gasteiger partial charge in [0.05, 0.1) is 0 Å². The molecule has 0 aromatic heterocycles. The third-order valence-electron chi connectivity index (χ3n) is 4.46. The third-order valence-corrected chi connectivity index (χ3v) is 4.46. The van der Waals surface area contributed by atoms with Crippen LogP contribution in [0.4, 0.5) is 0 Å². The van der Waals surface area contributed by atoms with E-state index in [1.54, 1.807) is 18.2 Å². The summed E-state index contributed by atoms with van der Waals surface area (Å²) in [6.07, 6.45) is 1.68. The molecule has 6 nitrogen and oxygen atoms in total. The molecule has 2 rings (SSSR count). The van der Waals surface area contributed by atoms with E-state index in [2.05, 4.69) is 37.4 Å². The van der Waals surface area contributed by atoms with Crippen molar-refractivity contribution in [2.45, 2.75) is 47.0 Å². The van der Waals surface area contributed by atoms with Gasteiger partial charge >= 0.3 is 11.9 Å². The fourth-order valence-corrected chi connectivity index (χ4v) is 2.83. The monoisotopic (exact) mass is 397 g/mol. The van der Waals surface area contributed by atoms with Crippen LogP contribution in [0.5, 0.6) is 11.5 Å². The Morgan fingerprint density at radius 2 is 1.41 bits per heavy atom. The Bertz CT molecular complexity index is 904. The molecule has 0 fully saturated rings. The maximum Gasteiger partial charge on any atom is 0.308 e. The van der Waals surface area contributed by atoms with Gasteiger partial charge in [-0.05, 0) is 61.1 Å². The molecule has 0 unspecified atom stereocenters. The van der Waals surface area contributed by atoms with E-state index in [1.807, 2.05) is 0 Å². The van der Waals surface area contributed by atoms with E-state index in [4.69, 9.17) is 9.47 Å². The minimum absolute atomic E-state index is 0.0139. The molecule has 2 aromatic carbocycles. The van der Waals surface area contributed by atoms with Crippen LogP contribution in [-0.2, 0) is 27.2 Å². The zero-order valence-corrected chi connectivity index (χ0v) is 17.3. The lowest BCUT2D eigenvalue weighted by Crippen LogP contribution is -2.25. The zero-order valence-electron chi connectivity index (χ0n) is 17.3. The number of carbonyl (C=O) groups excluding carboxylic acids is 3. The van der Waals surface area contributed by atoms with Gasteiger partial charge in [-0.25, -0.2) is 0 Å². The van der Waals surface area contributed by atoms with E-state index in [0.717, 1.165) is 11.1 Å². The second kappa shape index (κ2) is 10.4. The molecule has 0 bridgehead atoms. The Hall–Kier alpha value is -3.15. The van der Waals surface area contributed by atoms with Crippen LogP contribution in [0.3, 0.4) is 0 Å². The predicted octanol–water partition coefficient (Wildman–Crippen LogP) is 3.45. The minimum Gasteiger partial charge on any atom is -0.423 e. The number of nitrogens with one attached hydrogen (secondary N) is 1. The smallest absolute Gasteiger partial charge is 0.308 e. The largest absolute Gasteiger partial charge is 0.423 e. The summed E-state index contributed by atoms with van der Waals surface area (Å²) in [6.45, 7) is 7.14. The van der Waals surface area contributed by atoms with Crippen molar-refractivity contribution in [1.82, 2.24) is 5.32 Å². The number of hydrogen-bond acceptors (Lipinski definition) is 5. The van der Waals surface area contributed by atoms with E-state index in [9.17, 15) is 14.4 Å². The second-order valence-electron chi connectivity index (χ2n) is 6.99. The van der Waals surface area contributed by atoms with Gasteiger partial charge in [-0.15, -0.1) is 0 Å². The van der Waals surface area contributed by atoms with Gasteiger partial charge in [0.1, 0.15) is 0 Å². The molecule has 1 amide bonds. The fraction of sp³-hybridized carbons (Fsp3) is 0.348. The van der Waals surface area contributed by atoms with Crippen molar-refractivity contribution in [3.05, 3.63) is 58.7 Å². The average molecular weight is 397 g/mol. The predicted molar refractivity (Wildman–Crippen MR) is 110 cm³/mol. The molecule has 29 heavy (non-hydrogen) atoms. The second-order valence-corrected chi connectivity index (χ2v) is 6.99. The van der Waals surface area contributed by atoms with Crippen LogP contribution < -0.4 is 14.8 Å². The highest BCUT2D eigenvalue weighted by Crippen LogP contribution is 2.29. The van der Waals surface area contributed by atoms with Gasteiger partial charge in [0.15, 0.2) is 11.5 Å². The molecule has 0 atom stereocenters.